The predicted octanol–water partition coefficient (Wildman–Crippen LogP) is 17.8. The molecule has 0 amide bonds. The van der Waals surface area contributed by atoms with Gasteiger partial charge in [-0.15, -0.1) is 0 Å². The van der Waals surface area contributed by atoms with E-state index in [1.165, 1.54) is 111 Å². The van der Waals surface area contributed by atoms with Crippen LogP contribution in [0.15, 0.2) is 273 Å². The van der Waals surface area contributed by atoms with Gasteiger partial charge in [-0.25, -0.2) is 0 Å². The Kier molecular flexibility index (Phi) is 8.56. The molecule has 3 aliphatic carbocycles. The summed E-state index contributed by atoms with van der Waals surface area (Å²) in [6.07, 6.45) is 0. The zero-order valence-corrected chi connectivity index (χ0v) is 38.9. The molecule has 0 saturated heterocycles. The molecular formula is C70H45N. The van der Waals surface area contributed by atoms with Crippen LogP contribution in [0.2, 0.25) is 0 Å². The Hall–Kier alpha value is -9.04. The van der Waals surface area contributed by atoms with Crippen molar-refractivity contribution in [2.24, 2.45) is 0 Å². The molecule has 0 heterocycles. The first-order valence-electron chi connectivity index (χ1n) is 24.8. The van der Waals surface area contributed by atoms with Crippen molar-refractivity contribution in [1.29, 1.82) is 0 Å². The molecule has 0 saturated carbocycles. The SMILES string of the molecule is c1ccc(C2(c3ccc(N(c4cccc(-c5ccc6ccccc6c5)c4)c4ccc5c(c4)C4(c6ccccc6-c6ccccc64)c4ccc6ccccc6c4-5)cc3)c3ccccc3-c3ccccc32)cc1. The standard InChI is InChI=1S/C70H45N/c1-2-21-51(22-3-1)69(62-29-12-8-25-57(62)58-26-9-13-30-63(58)69)52-36-38-53(39-37-52)71(54-23-16-20-49(44-54)50-34-33-46-17-4-5-19-48(46)43-50)55-40-41-61-67(45-55)70(66-42-35-47-18-6-7-24-56(47)68(61)66)64-31-14-10-27-59(64)60-28-11-15-32-65(60)70/h1-45H. The molecule has 330 valence electrons. The molecule has 71 heavy (non-hydrogen) atoms. The Balaban J connectivity index is 0.974. The summed E-state index contributed by atoms with van der Waals surface area (Å²) in [7, 11) is 0. The number of nitrogens with zero attached hydrogens (tertiary/aromatic N) is 1. The Morgan fingerprint density at radius 3 is 1.42 bits per heavy atom. The molecule has 12 aromatic rings. The lowest BCUT2D eigenvalue weighted by Gasteiger charge is -2.35. The van der Waals surface area contributed by atoms with Crippen LogP contribution < -0.4 is 4.90 Å². The first-order valence-corrected chi connectivity index (χ1v) is 24.8. The van der Waals surface area contributed by atoms with E-state index in [4.69, 9.17) is 0 Å². The highest BCUT2D eigenvalue weighted by Crippen LogP contribution is 2.64. The van der Waals surface area contributed by atoms with Gasteiger partial charge in [-0.3, -0.25) is 0 Å². The summed E-state index contributed by atoms with van der Waals surface area (Å²) >= 11 is 0. The van der Waals surface area contributed by atoms with Crippen LogP contribution in [0.3, 0.4) is 0 Å². The lowest BCUT2D eigenvalue weighted by molar-refractivity contribution is 0.768. The van der Waals surface area contributed by atoms with Gasteiger partial charge in [0.1, 0.15) is 0 Å². The monoisotopic (exact) mass is 899 g/mol. The average Bonchev–Trinajstić information content (AvgIpc) is 4.04. The number of fused-ring (bicyclic) bond motifs is 16. The van der Waals surface area contributed by atoms with Crippen LogP contribution in [0.25, 0.3) is 66.1 Å². The smallest absolute Gasteiger partial charge is 0.0726 e. The van der Waals surface area contributed by atoms with Crippen LogP contribution in [0.5, 0.6) is 0 Å². The number of hydrogen-bond acceptors (Lipinski definition) is 1. The van der Waals surface area contributed by atoms with E-state index in [9.17, 15) is 0 Å². The molecule has 3 aliphatic rings. The number of rotatable bonds is 6. The minimum absolute atomic E-state index is 0.494. The van der Waals surface area contributed by atoms with Gasteiger partial charge in [0.05, 0.1) is 10.8 Å². The van der Waals surface area contributed by atoms with Gasteiger partial charge in [0.25, 0.3) is 0 Å². The zero-order valence-electron chi connectivity index (χ0n) is 38.9. The number of anilines is 3. The molecule has 1 spiro atoms. The third-order valence-electron chi connectivity index (χ3n) is 16.1. The highest BCUT2D eigenvalue weighted by molar-refractivity contribution is 6.07. The zero-order chi connectivity index (χ0) is 46.7. The fourth-order valence-electron chi connectivity index (χ4n) is 13.2. The normalized spacial score (nSPS) is 13.9. The van der Waals surface area contributed by atoms with Crippen LogP contribution in [0, 0.1) is 0 Å². The maximum atomic E-state index is 2.52. The van der Waals surface area contributed by atoms with E-state index in [0.717, 1.165) is 17.1 Å². The maximum absolute atomic E-state index is 2.52. The molecule has 1 nitrogen and oxygen atoms in total. The first-order chi connectivity index (χ1) is 35.2. The third-order valence-corrected chi connectivity index (χ3v) is 16.1. The van der Waals surface area contributed by atoms with E-state index in [1.807, 2.05) is 0 Å². The van der Waals surface area contributed by atoms with Crippen LogP contribution in [-0.2, 0) is 10.8 Å². The lowest BCUT2D eigenvalue weighted by atomic mass is 9.67. The largest absolute Gasteiger partial charge is 0.310 e. The van der Waals surface area contributed by atoms with Crippen molar-refractivity contribution in [3.05, 3.63) is 317 Å². The summed E-state index contributed by atoms with van der Waals surface area (Å²) in [5, 5.41) is 5.02. The molecular weight excluding hydrogens is 855 g/mol. The highest BCUT2D eigenvalue weighted by Gasteiger charge is 2.52. The van der Waals surface area contributed by atoms with Gasteiger partial charge < -0.3 is 4.90 Å². The van der Waals surface area contributed by atoms with E-state index >= 15 is 0 Å². The molecule has 0 unspecified atom stereocenters. The lowest BCUT2D eigenvalue weighted by Crippen LogP contribution is -2.28. The van der Waals surface area contributed by atoms with Crippen molar-refractivity contribution >= 4 is 38.6 Å². The summed E-state index contributed by atoms with van der Waals surface area (Å²) in [5.41, 5.74) is 22.9. The molecule has 0 N–H and O–H groups in total. The molecule has 0 fully saturated rings. The van der Waals surface area contributed by atoms with Gasteiger partial charge in [-0.05, 0) is 153 Å². The van der Waals surface area contributed by atoms with Crippen molar-refractivity contribution in [3.8, 4) is 44.5 Å². The quantitative estimate of drug-likeness (QED) is 0.161. The van der Waals surface area contributed by atoms with Gasteiger partial charge >= 0.3 is 0 Å². The number of hydrogen-bond donors (Lipinski definition) is 0. The van der Waals surface area contributed by atoms with Crippen molar-refractivity contribution in [2.45, 2.75) is 10.8 Å². The second-order valence-corrected chi connectivity index (χ2v) is 19.5. The minimum Gasteiger partial charge on any atom is -0.310 e. The van der Waals surface area contributed by atoms with Gasteiger partial charge in [0.2, 0.25) is 0 Å². The molecule has 12 aromatic carbocycles. The van der Waals surface area contributed by atoms with Gasteiger partial charge in [0, 0.05) is 17.1 Å². The molecule has 0 aliphatic heterocycles. The van der Waals surface area contributed by atoms with Crippen molar-refractivity contribution in [3.63, 3.8) is 0 Å². The van der Waals surface area contributed by atoms with Crippen molar-refractivity contribution in [1.82, 2.24) is 0 Å². The van der Waals surface area contributed by atoms with E-state index in [1.54, 1.807) is 0 Å². The van der Waals surface area contributed by atoms with Crippen molar-refractivity contribution < 1.29 is 0 Å². The molecule has 1 heteroatoms. The molecule has 0 aromatic heterocycles. The summed E-state index contributed by atoms with van der Waals surface area (Å²) in [4.78, 5) is 2.49. The molecule has 15 rings (SSSR count). The first kappa shape index (κ1) is 39.9. The number of benzene rings is 12. The van der Waals surface area contributed by atoms with Crippen LogP contribution in [-0.4, -0.2) is 0 Å². The Labute approximate surface area is 414 Å². The van der Waals surface area contributed by atoms with Crippen LogP contribution >= 0.6 is 0 Å². The van der Waals surface area contributed by atoms with E-state index < -0.39 is 10.8 Å². The third kappa shape index (κ3) is 5.52. The second-order valence-electron chi connectivity index (χ2n) is 19.5. The Bertz CT molecular complexity index is 4030. The summed E-state index contributed by atoms with van der Waals surface area (Å²) < 4.78 is 0. The van der Waals surface area contributed by atoms with Crippen LogP contribution in [0.1, 0.15) is 44.5 Å². The fourth-order valence-corrected chi connectivity index (χ4v) is 13.2. The van der Waals surface area contributed by atoms with Crippen molar-refractivity contribution in [2.75, 3.05) is 4.90 Å². The summed E-state index contributed by atoms with van der Waals surface area (Å²) in [6.45, 7) is 0. The predicted molar refractivity (Wildman–Crippen MR) is 295 cm³/mol. The van der Waals surface area contributed by atoms with Crippen LogP contribution in [0.4, 0.5) is 17.1 Å². The van der Waals surface area contributed by atoms with Gasteiger partial charge in [-0.2, -0.15) is 0 Å². The van der Waals surface area contributed by atoms with E-state index in [-0.39, 0.29) is 0 Å². The summed E-state index contributed by atoms with van der Waals surface area (Å²) in [6, 6.07) is 102. The van der Waals surface area contributed by atoms with E-state index in [0.29, 0.717) is 0 Å². The molecule has 0 atom stereocenters. The average molecular weight is 900 g/mol. The Morgan fingerprint density at radius 2 is 0.746 bits per heavy atom. The Morgan fingerprint density at radius 1 is 0.239 bits per heavy atom. The highest BCUT2D eigenvalue weighted by atomic mass is 15.1. The fraction of sp³-hybridized carbons (Fsp3) is 0.0286. The second kappa shape index (κ2) is 15.2. The minimum atomic E-state index is -0.508. The topological polar surface area (TPSA) is 3.24 Å². The molecule has 0 radical (unpaired) electrons. The molecule has 0 bridgehead atoms. The summed E-state index contributed by atoms with van der Waals surface area (Å²) in [5.74, 6) is 0. The maximum Gasteiger partial charge on any atom is 0.0726 e. The van der Waals surface area contributed by atoms with E-state index in [2.05, 4.69) is 278 Å². The van der Waals surface area contributed by atoms with Gasteiger partial charge in [-0.1, -0.05) is 231 Å². The van der Waals surface area contributed by atoms with Gasteiger partial charge in [0.15, 0.2) is 0 Å².